The lowest BCUT2D eigenvalue weighted by atomic mass is 10.1. The van der Waals surface area contributed by atoms with E-state index in [1.54, 1.807) is 29.3 Å². The molecule has 0 aliphatic carbocycles. The van der Waals surface area contributed by atoms with E-state index in [4.69, 9.17) is 10.2 Å². The molecule has 4 rings (SSSR count). The summed E-state index contributed by atoms with van der Waals surface area (Å²) in [5.41, 5.74) is 10.2. The Balaban J connectivity index is 1.86. The van der Waals surface area contributed by atoms with Gasteiger partial charge in [-0.05, 0) is 18.6 Å². The van der Waals surface area contributed by atoms with Crippen molar-refractivity contribution in [2.45, 2.75) is 13.0 Å². The Morgan fingerprint density at radius 3 is 3.05 bits per heavy atom. The van der Waals surface area contributed by atoms with Gasteiger partial charge in [0.15, 0.2) is 0 Å². The van der Waals surface area contributed by atoms with Crippen LogP contribution in [-0.4, -0.2) is 14.6 Å². The first-order valence-corrected chi connectivity index (χ1v) is 6.76. The number of hydrogen-bond acceptors (Lipinski definition) is 4. The van der Waals surface area contributed by atoms with Crippen molar-refractivity contribution in [2.75, 3.05) is 0 Å². The fourth-order valence-corrected chi connectivity index (χ4v) is 2.63. The second-order valence-electron chi connectivity index (χ2n) is 5.13. The Bertz CT molecular complexity index is 938. The summed E-state index contributed by atoms with van der Waals surface area (Å²) in [6, 6.07) is 7.70. The first-order valence-electron chi connectivity index (χ1n) is 6.76. The van der Waals surface area contributed by atoms with E-state index >= 15 is 0 Å². The zero-order chi connectivity index (χ0) is 14.4. The summed E-state index contributed by atoms with van der Waals surface area (Å²) in [7, 11) is 0. The topological polar surface area (TPSA) is 69.3 Å². The van der Waals surface area contributed by atoms with E-state index in [1.807, 2.05) is 31.2 Å². The lowest BCUT2D eigenvalue weighted by molar-refractivity contribution is 0.524. The van der Waals surface area contributed by atoms with Crippen molar-refractivity contribution in [3.8, 4) is 0 Å². The third-order valence-corrected chi connectivity index (χ3v) is 3.76. The van der Waals surface area contributed by atoms with Gasteiger partial charge in [-0.2, -0.15) is 5.10 Å². The Morgan fingerprint density at radius 2 is 2.19 bits per heavy atom. The van der Waals surface area contributed by atoms with E-state index in [0.717, 1.165) is 33.4 Å². The van der Waals surface area contributed by atoms with E-state index in [0.29, 0.717) is 0 Å². The van der Waals surface area contributed by atoms with Crippen molar-refractivity contribution in [3.63, 3.8) is 0 Å². The molecule has 0 bridgehead atoms. The number of rotatable bonds is 2. The van der Waals surface area contributed by atoms with Gasteiger partial charge < -0.3 is 10.2 Å². The molecule has 1 aromatic carbocycles. The molecule has 0 aliphatic rings. The Morgan fingerprint density at radius 1 is 1.29 bits per heavy atom. The van der Waals surface area contributed by atoms with Crippen LogP contribution in [0.1, 0.15) is 22.9 Å². The summed E-state index contributed by atoms with van der Waals surface area (Å²) in [5.74, 6) is 0.734. The van der Waals surface area contributed by atoms with E-state index in [-0.39, 0.29) is 6.04 Å². The van der Waals surface area contributed by atoms with Crippen LogP contribution in [0.15, 0.2) is 53.5 Å². The van der Waals surface area contributed by atoms with Gasteiger partial charge in [-0.15, -0.1) is 0 Å². The fraction of sp³-hybridized carbons (Fsp3) is 0.125. The van der Waals surface area contributed by atoms with Crippen LogP contribution in [0.25, 0.3) is 16.5 Å². The van der Waals surface area contributed by atoms with Gasteiger partial charge in [0, 0.05) is 23.3 Å². The van der Waals surface area contributed by atoms with Crippen LogP contribution in [0.3, 0.4) is 0 Å². The molecule has 5 heteroatoms. The third-order valence-electron chi connectivity index (χ3n) is 3.76. The van der Waals surface area contributed by atoms with Gasteiger partial charge in [-0.3, -0.25) is 4.98 Å². The molecule has 3 heterocycles. The largest absolute Gasteiger partial charge is 0.459 e. The van der Waals surface area contributed by atoms with Crippen molar-refractivity contribution in [1.29, 1.82) is 0 Å². The lowest BCUT2D eigenvalue weighted by Crippen LogP contribution is -2.10. The first-order chi connectivity index (χ1) is 10.2. The lowest BCUT2D eigenvalue weighted by Gasteiger charge is -2.06. The number of fused-ring (bicyclic) bond motifs is 2. The molecule has 4 aromatic rings. The minimum absolute atomic E-state index is 0.363. The minimum Gasteiger partial charge on any atom is -0.459 e. The SMILES string of the molecule is Cc1cccc2cc(C(N)c3cnn4ccncc34)oc12. The Kier molecular flexibility index (Phi) is 2.55. The number of aromatic nitrogens is 3. The number of hydrogen-bond donors (Lipinski definition) is 1. The number of nitrogens with two attached hydrogens (primary N) is 1. The van der Waals surface area contributed by atoms with Crippen LogP contribution in [-0.2, 0) is 0 Å². The maximum atomic E-state index is 6.37. The Labute approximate surface area is 121 Å². The molecule has 2 N–H and O–H groups in total. The molecule has 104 valence electrons. The van der Waals surface area contributed by atoms with Gasteiger partial charge in [-0.25, -0.2) is 4.52 Å². The molecule has 21 heavy (non-hydrogen) atoms. The maximum Gasteiger partial charge on any atom is 0.137 e. The zero-order valence-corrected chi connectivity index (χ0v) is 11.5. The van der Waals surface area contributed by atoms with Crippen molar-refractivity contribution >= 4 is 16.5 Å². The zero-order valence-electron chi connectivity index (χ0n) is 11.5. The molecule has 0 fully saturated rings. The highest BCUT2D eigenvalue weighted by Gasteiger charge is 2.18. The predicted molar refractivity (Wildman–Crippen MR) is 80.0 cm³/mol. The summed E-state index contributed by atoms with van der Waals surface area (Å²) in [4.78, 5) is 4.13. The summed E-state index contributed by atoms with van der Waals surface area (Å²) in [6.07, 6.45) is 7.02. The first kappa shape index (κ1) is 12.1. The smallest absolute Gasteiger partial charge is 0.137 e. The molecular weight excluding hydrogens is 264 g/mol. The quantitative estimate of drug-likeness (QED) is 0.612. The molecule has 0 saturated carbocycles. The van der Waals surface area contributed by atoms with Crippen LogP contribution in [0.5, 0.6) is 0 Å². The summed E-state index contributed by atoms with van der Waals surface area (Å²) < 4.78 is 7.71. The minimum atomic E-state index is -0.363. The number of aryl methyl sites for hydroxylation is 1. The molecule has 0 saturated heterocycles. The molecule has 1 unspecified atom stereocenters. The van der Waals surface area contributed by atoms with Gasteiger partial charge in [-0.1, -0.05) is 18.2 Å². The summed E-state index contributed by atoms with van der Waals surface area (Å²) in [6.45, 7) is 2.03. The van der Waals surface area contributed by atoms with E-state index in [2.05, 4.69) is 10.1 Å². The second kappa shape index (κ2) is 4.43. The monoisotopic (exact) mass is 278 g/mol. The Hall–Kier alpha value is -2.66. The number of benzene rings is 1. The van der Waals surface area contributed by atoms with Crippen molar-refractivity contribution in [1.82, 2.24) is 14.6 Å². The average molecular weight is 278 g/mol. The van der Waals surface area contributed by atoms with Crippen LogP contribution < -0.4 is 5.73 Å². The standard InChI is InChI=1S/C16H14N4O/c1-10-3-2-4-11-7-14(21-16(10)11)15(17)12-8-19-20-6-5-18-9-13(12)20/h2-9,15H,17H2,1H3. The van der Waals surface area contributed by atoms with Gasteiger partial charge in [0.05, 0.1) is 24.0 Å². The van der Waals surface area contributed by atoms with Gasteiger partial charge in [0.2, 0.25) is 0 Å². The van der Waals surface area contributed by atoms with Crippen LogP contribution >= 0.6 is 0 Å². The van der Waals surface area contributed by atoms with Crippen LogP contribution in [0, 0.1) is 6.92 Å². The molecular formula is C16H14N4O. The van der Waals surface area contributed by atoms with Crippen molar-refractivity contribution in [3.05, 3.63) is 65.9 Å². The molecule has 0 spiro atoms. The molecule has 0 radical (unpaired) electrons. The highest BCUT2D eigenvalue weighted by molar-refractivity contribution is 5.81. The fourth-order valence-electron chi connectivity index (χ4n) is 2.63. The molecule has 5 nitrogen and oxygen atoms in total. The van der Waals surface area contributed by atoms with E-state index < -0.39 is 0 Å². The number of nitrogens with zero attached hydrogens (tertiary/aromatic N) is 3. The van der Waals surface area contributed by atoms with Gasteiger partial charge in [0.25, 0.3) is 0 Å². The van der Waals surface area contributed by atoms with Crippen molar-refractivity contribution in [2.24, 2.45) is 5.73 Å². The van der Waals surface area contributed by atoms with Crippen LogP contribution in [0.2, 0.25) is 0 Å². The summed E-state index contributed by atoms with van der Waals surface area (Å²) >= 11 is 0. The predicted octanol–water partition coefficient (Wildman–Crippen LogP) is 2.83. The number of furan rings is 1. The molecule has 0 amide bonds. The highest BCUT2D eigenvalue weighted by atomic mass is 16.3. The second-order valence-corrected chi connectivity index (χ2v) is 5.13. The van der Waals surface area contributed by atoms with Crippen molar-refractivity contribution < 1.29 is 4.42 Å². The third kappa shape index (κ3) is 1.82. The average Bonchev–Trinajstić information content (AvgIpc) is 3.11. The van der Waals surface area contributed by atoms with E-state index in [9.17, 15) is 0 Å². The van der Waals surface area contributed by atoms with E-state index in [1.165, 1.54) is 0 Å². The highest BCUT2D eigenvalue weighted by Crippen LogP contribution is 2.29. The normalized spacial score (nSPS) is 13.0. The van der Waals surface area contributed by atoms with Gasteiger partial charge in [0.1, 0.15) is 11.3 Å². The maximum absolute atomic E-state index is 6.37. The van der Waals surface area contributed by atoms with Crippen LogP contribution in [0.4, 0.5) is 0 Å². The molecule has 1 atom stereocenters. The molecule has 0 aliphatic heterocycles. The summed E-state index contributed by atoms with van der Waals surface area (Å²) in [5, 5.41) is 5.36. The molecule has 3 aromatic heterocycles. The number of para-hydroxylation sites is 1. The van der Waals surface area contributed by atoms with Gasteiger partial charge >= 0.3 is 0 Å².